The van der Waals surface area contributed by atoms with E-state index in [4.69, 9.17) is 11.5 Å². The summed E-state index contributed by atoms with van der Waals surface area (Å²) in [5.41, 5.74) is 13.6. The molecule has 2 heterocycles. The molecule has 19 heavy (non-hydrogen) atoms. The Balaban J connectivity index is 2.18. The number of fused-ring (bicyclic) bond motifs is 1. The van der Waals surface area contributed by atoms with E-state index in [-0.39, 0.29) is 0 Å². The van der Waals surface area contributed by atoms with E-state index >= 15 is 0 Å². The summed E-state index contributed by atoms with van der Waals surface area (Å²) in [5, 5.41) is 4.10. The van der Waals surface area contributed by atoms with Gasteiger partial charge in [0.15, 0.2) is 5.82 Å². The van der Waals surface area contributed by atoms with Crippen LogP contribution in [0.5, 0.6) is 0 Å². The molecule has 0 radical (unpaired) electrons. The number of hydrogen-bond acceptors (Lipinski definition) is 4. The monoisotopic (exact) mass is 257 g/mol. The molecule has 0 unspecified atom stereocenters. The van der Waals surface area contributed by atoms with Gasteiger partial charge in [-0.25, -0.2) is 9.67 Å². The van der Waals surface area contributed by atoms with Crippen LogP contribution in [0, 0.1) is 0 Å². The number of pyridine rings is 1. The zero-order valence-corrected chi connectivity index (χ0v) is 10.5. The summed E-state index contributed by atoms with van der Waals surface area (Å²) in [6.07, 6.45) is 5.80. The molecule has 6 nitrogen and oxygen atoms in total. The Hall–Kier alpha value is -2.37. The molecule has 1 aliphatic rings. The zero-order chi connectivity index (χ0) is 13.4. The minimum absolute atomic E-state index is 0.384. The Morgan fingerprint density at radius 3 is 2.79 bits per heavy atom. The summed E-state index contributed by atoms with van der Waals surface area (Å²) >= 11 is 0. The van der Waals surface area contributed by atoms with E-state index in [1.54, 1.807) is 12.3 Å². The number of rotatable bonds is 2. The van der Waals surface area contributed by atoms with Crippen molar-refractivity contribution in [3.63, 3.8) is 0 Å². The Morgan fingerprint density at radius 2 is 2.11 bits per heavy atom. The van der Waals surface area contributed by atoms with Crippen molar-refractivity contribution in [1.82, 2.24) is 14.8 Å². The first-order valence-electron chi connectivity index (χ1n) is 6.29. The SMILES string of the molecule is NC(=O)c1cc2c(nc1-n1ccc(N)n1)CCCC2. The minimum Gasteiger partial charge on any atom is -0.382 e. The van der Waals surface area contributed by atoms with Crippen LogP contribution in [0.4, 0.5) is 5.82 Å². The molecule has 4 N–H and O–H groups in total. The number of nitrogens with two attached hydrogens (primary N) is 2. The number of carbonyl (C=O) groups is 1. The number of anilines is 1. The van der Waals surface area contributed by atoms with Crippen molar-refractivity contribution in [3.8, 4) is 5.82 Å². The quantitative estimate of drug-likeness (QED) is 0.832. The molecule has 0 saturated carbocycles. The lowest BCUT2D eigenvalue weighted by molar-refractivity contribution is 0.0999. The average molecular weight is 257 g/mol. The Kier molecular flexibility index (Phi) is 2.70. The topological polar surface area (TPSA) is 99.8 Å². The zero-order valence-electron chi connectivity index (χ0n) is 10.5. The lowest BCUT2D eigenvalue weighted by atomic mass is 9.94. The number of amides is 1. The number of primary amides is 1. The molecule has 2 aromatic rings. The molecule has 1 aliphatic carbocycles. The van der Waals surface area contributed by atoms with Crippen LogP contribution in [0.1, 0.15) is 34.5 Å². The molecule has 0 fully saturated rings. The van der Waals surface area contributed by atoms with Gasteiger partial charge in [0, 0.05) is 18.0 Å². The molecular weight excluding hydrogens is 242 g/mol. The van der Waals surface area contributed by atoms with Crippen LogP contribution in [0.2, 0.25) is 0 Å². The highest BCUT2D eigenvalue weighted by atomic mass is 16.1. The largest absolute Gasteiger partial charge is 0.382 e. The van der Waals surface area contributed by atoms with E-state index in [0.717, 1.165) is 36.9 Å². The van der Waals surface area contributed by atoms with Gasteiger partial charge in [0.1, 0.15) is 5.82 Å². The summed E-state index contributed by atoms with van der Waals surface area (Å²) in [5.74, 6) is 0.352. The second-order valence-electron chi connectivity index (χ2n) is 4.72. The van der Waals surface area contributed by atoms with Crippen molar-refractivity contribution in [2.24, 2.45) is 5.73 Å². The summed E-state index contributed by atoms with van der Waals surface area (Å²) in [6, 6.07) is 3.50. The highest BCUT2D eigenvalue weighted by molar-refractivity contribution is 5.96. The Labute approximate surface area is 110 Å². The molecule has 3 rings (SSSR count). The van der Waals surface area contributed by atoms with Crippen molar-refractivity contribution >= 4 is 11.7 Å². The van der Waals surface area contributed by atoms with Crippen LogP contribution in [0.25, 0.3) is 5.82 Å². The number of carbonyl (C=O) groups excluding carboxylic acids is 1. The predicted molar refractivity (Wildman–Crippen MR) is 70.9 cm³/mol. The summed E-state index contributed by atoms with van der Waals surface area (Å²) in [6.45, 7) is 0. The van der Waals surface area contributed by atoms with Gasteiger partial charge in [-0.3, -0.25) is 4.79 Å². The molecule has 0 aromatic carbocycles. The van der Waals surface area contributed by atoms with Gasteiger partial charge in [0.25, 0.3) is 5.91 Å². The first-order chi connectivity index (χ1) is 9.15. The van der Waals surface area contributed by atoms with Crippen LogP contribution in [-0.2, 0) is 12.8 Å². The van der Waals surface area contributed by atoms with E-state index in [0.29, 0.717) is 17.2 Å². The van der Waals surface area contributed by atoms with Crippen LogP contribution in [0.3, 0.4) is 0 Å². The lowest BCUT2D eigenvalue weighted by Gasteiger charge is -2.17. The standard InChI is InChI=1S/C13H15N5O/c14-11-5-6-18(17-11)13-9(12(15)19)7-8-3-1-2-4-10(8)16-13/h5-7H,1-4H2,(H2,14,17)(H2,15,19). The molecule has 98 valence electrons. The highest BCUT2D eigenvalue weighted by Gasteiger charge is 2.19. The number of aryl methyl sites for hydroxylation is 2. The minimum atomic E-state index is -0.495. The Morgan fingerprint density at radius 1 is 1.32 bits per heavy atom. The van der Waals surface area contributed by atoms with Crippen molar-refractivity contribution in [3.05, 3.63) is 35.2 Å². The third-order valence-corrected chi connectivity index (χ3v) is 3.37. The molecule has 0 atom stereocenters. The number of aromatic nitrogens is 3. The number of nitrogen functional groups attached to an aromatic ring is 1. The molecule has 0 aliphatic heterocycles. The first kappa shape index (κ1) is 11.7. The van der Waals surface area contributed by atoms with Gasteiger partial charge in [-0.05, 0) is 37.3 Å². The van der Waals surface area contributed by atoms with Crippen molar-refractivity contribution in [2.75, 3.05) is 5.73 Å². The lowest BCUT2D eigenvalue weighted by Crippen LogP contribution is -2.19. The molecule has 6 heteroatoms. The fourth-order valence-electron chi connectivity index (χ4n) is 2.43. The number of nitrogens with zero attached hydrogens (tertiary/aromatic N) is 3. The summed E-state index contributed by atoms with van der Waals surface area (Å²) in [4.78, 5) is 16.2. The third-order valence-electron chi connectivity index (χ3n) is 3.37. The average Bonchev–Trinajstić information content (AvgIpc) is 2.83. The maximum Gasteiger partial charge on any atom is 0.252 e. The maximum atomic E-state index is 11.6. The van der Waals surface area contributed by atoms with E-state index in [1.807, 2.05) is 6.07 Å². The molecule has 0 spiro atoms. The summed E-state index contributed by atoms with van der Waals surface area (Å²) < 4.78 is 1.50. The maximum absolute atomic E-state index is 11.6. The van der Waals surface area contributed by atoms with Crippen LogP contribution < -0.4 is 11.5 Å². The van der Waals surface area contributed by atoms with Crippen molar-refractivity contribution in [2.45, 2.75) is 25.7 Å². The van der Waals surface area contributed by atoms with E-state index in [1.165, 1.54) is 4.68 Å². The third kappa shape index (κ3) is 2.05. The second kappa shape index (κ2) is 4.38. The van der Waals surface area contributed by atoms with Gasteiger partial charge in [-0.1, -0.05) is 0 Å². The van der Waals surface area contributed by atoms with Gasteiger partial charge >= 0.3 is 0 Å². The van der Waals surface area contributed by atoms with Gasteiger partial charge in [-0.2, -0.15) is 0 Å². The highest BCUT2D eigenvalue weighted by Crippen LogP contribution is 2.24. The molecule has 2 aromatic heterocycles. The molecule has 0 saturated heterocycles. The van der Waals surface area contributed by atoms with Gasteiger partial charge in [-0.15, -0.1) is 5.10 Å². The number of hydrogen-bond donors (Lipinski definition) is 2. The van der Waals surface area contributed by atoms with Crippen LogP contribution in [0.15, 0.2) is 18.3 Å². The normalized spacial score (nSPS) is 14.1. The van der Waals surface area contributed by atoms with Crippen molar-refractivity contribution < 1.29 is 4.79 Å². The second-order valence-corrected chi connectivity index (χ2v) is 4.72. The fourth-order valence-corrected chi connectivity index (χ4v) is 2.43. The molecular formula is C13H15N5O. The first-order valence-corrected chi connectivity index (χ1v) is 6.29. The van der Waals surface area contributed by atoms with E-state index < -0.39 is 5.91 Å². The van der Waals surface area contributed by atoms with Gasteiger partial charge in [0.2, 0.25) is 0 Å². The van der Waals surface area contributed by atoms with Crippen molar-refractivity contribution in [1.29, 1.82) is 0 Å². The van der Waals surface area contributed by atoms with Crippen LogP contribution >= 0.6 is 0 Å². The fraction of sp³-hybridized carbons (Fsp3) is 0.308. The smallest absolute Gasteiger partial charge is 0.252 e. The van der Waals surface area contributed by atoms with Gasteiger partial charge < -0.3 is 11.5 Å². The van der Waals surface area contributed by atoms with E-state index in [9.17, 15) is 4.79 Å². The van der Waals surface area contributed by atoms with Crippen LogP contribution in [-0.4, -0.2) is 20.7 Å². The van der Waals surface area contributed by atoms with Gasteiger partial charge in [0.05, 0.1) is 5.56 Å². The van der Waals surface area contributed by atoms with E-state index in [2.05, 4.69) is 10.1 Å². The molecule has 1 amide bonds. The molecule has 0 bridgehead atoms. The predicted octanol–water partition coefficient (Wildman–Crippen LogP) is 0.827. The Bertz CT molecular complexity index is 646. The summed E-state index contributed by atoms with van der Waals surface area (Å²) in [7, 11) is 0.